The molecule has 2 atom stereocenters. The van der Waals surface area contributed by atoms with Gasteiger partial charge in [0.1, 0.15) is 11.5 Å². The molecule has 2 amide bonds. The van der Waals surface area contributed by atoms with Crippen molar-refractivity contribution in [1.29, 1.82) is 0 Å². The van der Waals surface area contributed by atoms with Crippen molar-refractivity contribution in [3.8, 4) is 0 Å². The van der Waals surface area contributed by atoms with E-state index in [0.29, 0.717) is 5.69 Å². The smallest absolute Gasteiger partial charge is 0.272 e. The van der Waals surface area contributed by atoms with Crippen LogP contribution in [0.5, 0.6) is 0 Å². The third-order valence-electron chi connectivity index (χ3n) is 5.03. The zero-order valence-electron chi connectivity index (χ0n) is 17.0. The Kier molecular flexibility index (Phi) is 6.46. The molecule has 0 bridgehead atoms. The van der Waals surface area contributed by atoms with E-state index in [1.54, 1.807) is 20.2 Å². The topological polar surface area (TPSA) is 139 Å². The molecular weight excluding hydrogens is 389 g/mol. The lowest BCUT2D eigenvalue weighted by Crippen LogP contribution is -2.43. The predicted molar refractivity (Wildman–Crippen MR) is 112 cm³/mol. The summed E-state index contributed by atoms with van der Waals surface area (Å²) >= 11 is 0. The van der Waals surface area contributed by atoms with Crippen molar-refractivity contribution in [3.63, 3.8) is 0 Å². The molecule has 0 radical (unpaired) electrons. The molecule has 2 heterocycles. The number of nitrogens with one attached hydrogen (secondary N) is 2. The molecule has 3 rings (SSSR count). The molecule has 30 heavy (non-hydrogen) atoms. The van der Waals surface area contributed by atoms with Crippen LogP contribution in [-0.2, 0) is 0 Å². The highest BCUT2D eigenvalue weighted by atomic mass is 19.1. The van der Waals surface area contributed by atoms with E-state index in [4.69, 9.17) is 11.5 Å². The Balaban J connectivity index is 1.92. The summed E-state index contributed by atoms with van der Waals surface area (Å²) in [5, 5.41) is 6.00. The first-order chi connectivity index (χ1) is 14.3. The fourth-order valence-electron chi connectivity index (χ4n) is 3.38. The molecule has 10 heteroatoms. The third kappa shape index (κ3) is 4.82. The number of pyridine rings is 2. The normalized spacial score (nSPS) is 18.5. The predicted octanol–water partition coefficient (Wildman–Crippen LogP) is 1.84. The first-order valence-electron chi connectivity index (χ1n) is 9.73. The number of amides is 2. The van der Waals surface area contributed by atoms with Crippen molar-refractivity contribution in [1.82, 2.24) is 14.9 Å². The Morgan fingerprint density at radius 3 is 2.60 bits per heavy atom. The van der Waals surface area contributed by atoms with Crippen LogP contribution in [0.25, 0.3) is 0 Å². The van der Waals surface area contributed by atoms with Gasteiger partial charge in [-0.25, -0.2) is 9.37 Å². The van der Waals surface area contributed by atoms with E-state index in [1.807, 2.05) is 0 Å². The molecule has 1 saturated carbocycles. The molecule has 0 aromatic carbocycles. The molecule has 1 aliphatic rings. The van der Waals surface area contributed by atoms with E-state index in [9.17, 15) is 14.0 Å². The summed E-state index contributed by atoms with van der Waals surface area (Å²) in [6, 6.07) is 3.95. The lowest BCUT2D eigenvalue weighted by Gasteiger charge is -2.30. The van der Waals surface area contributed by atoms with Gasteiger partial charge in [0.25, 0.3) is 11.8 Å². The standard InChI is InChI=1S/C20H26FN7O2/c1-28(2)20(30)16-9-11(7-8-24-16)25-18-12(17(23)29)10-13(21)19(27-18)26-15-6-4-3-5-14(15)22/h7-10,14-15H,3-6,22H2,1-2H3,(H2,23,29)(H2,24,25,26,27). The molecule has 1 aliphatic carbocycles. The molecule has 2 aromatic rings. The molecule has 160 valence electrons. The Hall–Kier alpha value is -3.27. The average Bonchev–Trinajstić information content (AvgIpc) is 2.71. The maximum Gasteiger partial charge on any atom is 0.272 e. The van der Waals surface area contributed by atoms with Crippen molar-refractivity contribution >= 4 is 29.1 Å². The van der Waals surface area contributed by atoms with Gasteiger partial charge in [0.15, 0.2) is 11.6 Å². The van der Waals surface area contributed by atoms with Crippen LogP contribution in [0.4, 0.5) is 21.7 Å². The Morgan fingerprint density at radius 1 is 1.20 bits per heavy atom. The lowest BCUT2D eigenvalue weighted by molar-refractivity contribution is 0.0821. The fraction of sp³-hybridized carbons (Fsp3) is 0.400. The van der Waals surface area contributed by atoms with Gasteiger partial charge < -0.3 is 27.0 Å². The summed E-state index contributed by atoms with van der Waals surface area (Å²) < 4.78 is 14.6. The van der Waals surface area contributed by atoms with Gasteiger partial charge in [-0.3, -0.25) is 14.6 Å². The number of primary amides is 1. The Morgan fingerprint density at radius 2 is 1.93 bits per heavy atom. The van der Waals surface area contributed by atoms with Crippen LogP contribution >= 0.6 is 0 Å². The van der Waals surface area contributed by atoms with Crippen LogP contribution in [0.1, 0.15) is 46.5 Å². The summed E-state index contributed by atoms with van der Waals surface area (Å²) in [6.45, 7) is 0. The van der Waals surface area contributed by atoms with E-state index in [1.165, 1.54) is 17.2 Å². The zero-order chi connectivity index (χ0) is 21.8. The number of nitrogens with zero attached hydrogens (tertiary/aromatic N) is 3. The molecule has 2 unspecified atom stereocenters. The Bertz CT molecular complexity index is 951. The van der Waals surface area contributed by atoms with Crippen LogP contribution in [0.2, 0.25) is 0 Å². The van der Waals surface area contributed by atoms with Gasteiger partial charge >= 0.3 is 0 Å². The quantitative estimate of drug-likeness (QED) is 0.564. The van der Waals surface area contributed by atoms with Gasteiger partial charge in [-0.1, -0.05) is 12.8 Å². The molecule has 0 saturated heterocycles. The number of anilines is 3. The summed E-state index contributed by atoms with van der Waals surface area (Å²) in [4.78, 5) is 33.7. The van der Waals surface area contributed by atoms with Crippen LogP contribution in [-0.4, -0.2) is 52.9 Å². The van der Waals surface area contributed by atoms with Gasteiger partial charge in [-0.2, -0.15) is 0 Å². The van der Waals surface area contributed by atoms with Gasteiger partial charge in [0.2, 0.25) is 0 Å². The van der Waals surface area contributed by atoms with Crippen molar-refractivity contribution in [3.05, 3.63) is 41.5 Å². The first kappa shape index (κ1) is 21.4. The van der Waals surface area contributed by atoms with Gasteiger partial charge in [0.05, 0.1) is 5.56 Å². The second-order valence-corrected chi connectivity index (χ2v) is 7.53. The molecule has 9 nitrogen and oxygen atoms in total. The minimum atomic E-state index is -0.830. The van der Waals surface area contributed by atoms with Crippen LogP contribution in [0.15, 0.2) is 24.4 Å². The minimum absolute atomic E-state index is 0.0107. The number of hydrogen-bond acceptors (Lipinski definition) is 7. The number of nitrogens with two attached hydrogens (primary N) is 2. The molecule has 0 aliphatic heterocycles. The van der Waals surface area contributed by atoms with E-state index < -0.39 is 11.7 Å². The summed E-state index contributed by atoms with van der Waals surface area (Å²) in [6.07, 6.45) is 5.15. The zero-order valence-corrected chi connectivity index (χ0v) is 17.0. The van der Waals surface area contributed by atoms with Gasteiger partial charge in [0, 0.05) is 38.1 Å². The van der Waals surface area contributed by atoms with Crippen molar-refractivity contribution < 1.29 is 14.0 Å². The number of carbonyl (C=O) groups is 2. The van der Waals surface area contributed by atoms with Gasteiger partial charge in [-0.05, 0) is 31.0 Å². The number of carbonyl (C=O) groups excluding carboxylic acids is 2. The van der Waals surface area contributed by atoms with Crippen molar-refractivity contribution in [2.75, 3.05) is 24.7 Å². The van der Waals surface area contributed by atoms with E-state index >= 15 is 0 Å². The molecule has 2 aromatic heterocycles. The summed E-state index contributed by atoms with van der Waals surface area (Å²) in [7, 11) is 3.23. The summed E-state index contributed by atoms with van der Waals surface area (Å²) in [5.41, 5.74) is 12.1. The third-order valence-corrected chi connectivity index (χ3v) is 5.03. The first-order valence-corrected chi connectivity index (χ1v) is 9.73. The maximum atomic E-state index is 14.6. The highest BCUT2D eigenvalue weighted by molar-refractivity contribution is 5.99. The number of aromatic nitrogens is 2. The van der Waals surface area contributed by atoms with Crippen molar-refractivity contribution in [2.24, 2.45) is 11.5 Å². The van der Waals surface area contributed by atoms with Crippen LogP contribution in [0.3, 0.4) is 0 Å². The highest BCUT2D eigenvalue weighted by Gasteiger charge is 2.24. The monoisotopic (exact) mass is 415 g/mol. The Labute approximate surface area is 174 Å². The SMILES string of the molecule is CN(C)C(=O)c1cc(Nc2nc(NC3CCCCC3N)c(F)cc2C(N)=O)ccn1. The number of halogens is 1. The minimum Gasteiger partial charge on any atom is -0.365 e. The average molecular weight is 415 g/mol. The fourth-order valence-corrected chi connectivity index (χ4v) is 3.38. The summed E-state index contributed by atoms with van der Waals surface area (Å²) in [5.74, 6) is -1.74. The number of rotatable bonds is 6. The van der Waals surface area contributed by atoms with Gasteiger partial charge in [-0.15, -0.1) is 0 Å². The maximum absolute atomic E-state index is 14.6. The van der Waals surface area contributed by atoms with Crippen LogP contribution < -0.4 is 22.1 Å². The second kappa shape index (κ2) is 9.04. The van der Waals surface area contributed by atoms with E-state index in [0.717, 1.165) is 31.7 Å². The molecule has 0 spiro atoms. The van der Waals surface area contributed by atoms with E-state index in [-0.39, 0.29) is 40.9 Å². The van der Waals surface area contributed by atoms with Crippen molar-refractivity contribution in [2.45, 2.75) is 37.8 Å². The molecule has 1 fully saturated rings. The second-order valence-electron chi connectivity index (χ2n) is 7.53. The van der Waals surface area contributed by atoms with E-state index in [2.05, 4.69) is 20.6 Å². The number of hydrogen-bond donors (Lipinski definition) is 4. The highest BCUT2D eigenvalue weighted by Crippen LogP contribution is 2.27. The lowest BCUT2D eigenvalue weighted by atomic mass is 9.91. The molecule has 6 N–H and O–H groups in total. The largest absolute Gasteiger partial charge is 0.365 e. The van der Waals surface area contributed by atoms with Crippen LogP contribution in [0, 0.1) is 5.82 Å². The molecular formula is C20H26FN7O2.